The van der Waals surface area contributed by atoms with Crippen LogP contribution in [0.5, 0.6) is 0 Å². The third-order valence-corrected chi connectivity index (χ3v) is 3.88. The zero-order valence-corrected chi connectivity index (χ0v) is 11.1. The zero-order valence-electron chi connectivity index (χ0n) is 11.1. The summed E-state index contributed by atoms with van der Waals surface area (Å²) in [5, 5.41) is 10.0. The van der Waals surface area contributed by atoms with Crippen LogP contribution >= 0.6 is 0 Å². The average Bonchev–Trinajstić information content (AvgIpc) is 2.75. The molecule has 0 aliphatic carbocycles. The van der Waals surface area contributed by atoms with E-state index in [9.17, 15) is 5.11 Å². The van der Waals surface area contributed by atoms with E-state index in [1.54, 1.807) is 0 Å². The Morgan fingerprint density at radius 3 is 2.56 bits per heavy atom. The summed E-state index contributed by atoms with van der Waals surface area (Å²) in [4.78, 5) is 0. The van der Waals surface area contributed by atoms with Crippen molar-refractivity contribution in [1.82, 2.24) is 0 Å². The fraction of sp³-hybridized carbons (Fsp3) is 0.600. The molecule has 0 bridgehead atoms. The van der Waals surface area contributed by atoms with Gasteiger partial charge in [-0.25, -0.2) is 0 Å². The van der Waals surface area contributed by atoms with Gasteiger partial charge in [0.15, 0.2) is 0 Å². The van der Waals surface area contributed by atoms with Crippen molar-refractivity contribution >= 4 is 0 Å². The SMILES string of the molecule is CCC1(CC)OCC(O)[C@@H]1OCc1ccccc1. The van der Waals surface area contributed by atoms with Crippen LogP contribution < -0.4 is 0 Å². The van der Waals surface area contributed by atoms with E-state index in [2.05, 4.69) is 13.8 Å². The lowest BCUT2D eigenvalue weighted by molar-refractivity contribution is -0.108. The Bertz CT molecular complexity index is 359. The minimum absolute atomic E-state index is 0.229. The Balaban J connectivity index is 2.02. The van der Waals surface area contributed by atoms with Crippen molar-refractivity contribution in [2.75, 3.05) is 6.61 Å². The minimum Gasteiger partial charge on any atom is -0.388 e. The predicted molar refractivity (Wildman–Crippen MR) is 70.3 cm³/mol. The van der Waals surface area contributed by atoms with Gasteiger partial charge < -0.3 is 14.6 Å². The number of aliphatic hydroxyl groups excluding tert-OH is 1. The van der Waals surface area contributed by atoms with Crippen LogP contribution in [0.3, 0.4) is 0 Å². The molecular weight excluding hydrogens is 228 g/mol. The quantitative estimate of drug-likeness (QED) is 0.872. The van der Waals surface area contributed by atoms with Gasteiger partial charge in [-0.05, 0) is 18.4 Å². The Morgan fingerprint density at radius 1 is 1.28 bits per heavy atom. The summed E-state index contributed by atoms with van der Waals surface area (Å²) in [5.41, 5.74) is 0.798. The summed E-state index contributed by atoms with van der Waals surface area (Å²) in [6.45, 7) is 5.07. The van der Waals surface area contributed by atoms with Crippen LogP contribution in [0.1, 0.15) is 32.3 Å². The van der Waals surface area contributed by atoms with Crippen LogP contribution in [0.25, 0.3) is 0 Å². The smallest absolute Gasteiger partial charge is 0.115 e. The summed E-state index contributed by atoms with van der Waals surface area (Å²) in [6.07, 6.45) is 0.973. The molecule has 100 valence electrons. The van der Waals surface area contributed by atoms with Crippen LogP contribution in [-0.4, -0.2) is 29.5 Å². The fourth-order valence-electron chi connectivity index (χ4n) is 2.65. The molecule has 1 aliphatic heterocycles. The summed E-state index contributed by atoms with van der Waals surface area (Å²) in [6, 6.07) is 10.0. The van der Waals surface area contributed by atoms with Gasteiger partial charge >= 0.3 is 0 Å². The first kappa shape index (κ1) is 13.5. The molecule has 0 spiro atoms. The Morgan fingerprint density at radius 2 is 1.94 bits per heavy atom. The topological polar surface area (TPSA) is 38.7 Å². The standard InChI is InChI=1S/C15H22O3/c1-3-15(4-2)14(13(16)11-18-15)17-10-12-8-6-5-7-9-12/h5-9,13-14,16H,3-4,10-11H2,1-2H3/t13?,14-/m0/s1. The lowest BCUT2D eigenvalue weighted by Crippen LogP contribution is -2.44. The van der Waals surface area contributed by atoms with Crippen molar-refractivity contribution in [2.24, 2.45) is 0 Å². The Hall–Kier alpha value is -0.900. The van der Waals surface area contributed by atoms with E-state index >= 15 is 0 Å². The lowest BCUT2D eigenvalue weighted by Gasteiger charge is -2.33. The van der Waals surface area contributed by atoms with E-state index in [4.69, 9.17) is 9.47 Å². The van der Waals surface area contributed by atoms with E-state index in [0.717, 1.165) is 18.4 Å². The van der Waals surface area contributed by atoms with Crippen molar-refractivity contribution in [3.8, 4) is 0 Å². The predicted octanol–water partition coefficient (Wildman–Crippen LogP) is 2.52. The van der Waals surface area contributed by atoms with E-state index in [0.29, 0.717) is 13.2 Å². The molecule has 1 unspecified atom stereocenters. The van der Waals surface area contributed by atoms with Gasteiger partial charge in [0.1, 0.15) is 12.2 Å². The monoisotopic (exact) mass is 250 g/mol. The fourth-order valence-corrected chi connectivity index (χ4v) is 2.65. The third kappa shape index (κ3) is 2.58. The molecular formula is C15H22O3. The van der Waals surface area contributed by atoms with E-state index in [1.165, 1.54) is 0 Å². The number of rotatable bonds is 5. The minimum atomic E-state index is -0.520. The lowest BCUT2D eigenvalue weighted by atomic mass is 9.90. The maximum Gasteiger partial charge on any atom is 0.115 e. The van der Waals surface area contributed by atoms with Crippen LogP contribution in [0.4, 0.5) is 0 Å². The van der Waals surface area contributed by atoms with Gasteiger partial charge in [-0.2, -0.15) is 0 Å². The van der Waals surface area contributed by atoms with Crippen molar-refractivity contribution in [2.45, 2.75) is 51.1 Å². The number of ether oxygens (including phenoxy) is 2. The molecule has 0 saturated carbocycles. The number of hydrogen-bond acceptors (Lipinski definition) is 3. The highest BCUT2D eigenvalue weighted by molar-refractivity contribution is 5.13. The van der Waals surface area contributed by atoms with E-state index in [-0.39, 0.29) is 11.7 Å². The first-order valence-corrected chi connectivity index (χ1v) is 6.69. The van der Waals surface area contributed by atoms with Gasteiger partial charge in [-0.15, -0.1) is 0 Å². The van der Waals surface area contributed by atoms with E-state index in [1.807, 2.05) is 30.3 Å². The molecule has 0 amide bonds. The summed E-state index contributed by atoms with van der Waals surface area (Å²) in [7, 11) is 0. The summed E-state index contributed by atoms with van der Waals surface area (Å²) in [5.74, 6) is 0. The van der Waals surface area contributed by atoms with Crippen LogP contribution in [0, 0.1) is 0 Å². The molecule has 1 aliphatic rings. The number of benzene rings is 1. The van der Waals surface area contributed by atoms with Gasteiger partial charge in [0.05, 0.1) is 18.8 Å². The Labute approximate surface area is 109 Å². The van der Waals surface area contributed by atoms with Gasteiger partial charge in [0.25, 0.3) is 0 Å². The zero-order chi connectivity index (χ0) is 13.0. The van der Waals surface area contributed by atoms with E-state index < -0.39 is 6.10 Å². The van der Waals surface area contributed by atoms with Gasteiger partial charge in [0, 0.05) is 0 Å². The molecule has 1 saturated heterocycles. The van der Waals surface area contributed by atoms with Gasteiger partial charge in [0.2, 0.25) is 0 Å². The molecule has 1 aromatic carbocycles. The van der Waals surface area contributed by atoms with Crippen molar-refractivity contribution in [1.29, 1.82) is 0 Å². The van der Waals surface area contributed by atoms with Crippen LogP contribution in [-0.2, 0) is 16.1 Å². The maximum absolute atomic E-state index is 10.0. The molecule has 3 nitrogen and oxygen atoms in total. The molecule has 3 heteroatoms. The number of hydrogen-bond donors (Lipinski definition) is 1. The second-order valence-corrected chi connectivity index (χ2v) is 4.87. The molecule has 0 aromatic heterocycles. The first-order chi connectivity index (χ1) is 8.72. The van der Waals surface area contributed by atoms with Crippen molar-refractivity contribution in [3.05, 3.63) is 35.9 Å². The molecule has 1 heterocycles. The number of aliphatic hydroxyl groups is 1. The third-order valence-electron chi connectivity index (χ3n) is 3.88. The van der Waals surface area contributed by atoms with Crippen molar-refractivity contribution in [3.63, 3.8) is 0 Å². The Kier molecular flexibility index (Phi) is 4.38. The molecule has 1 fully saturated rings. The summed E-state index contributed by atoms with van der Waals surface area (Å²) >= 11 is 0. The largest absolute Gasteiger partial charge is 0.388 e. The second-order valence-electron chi connectivity index (χ2n) is 4.87. The second kappa shape index (κ2) is 5.83. The average molecular weight is 250 g/mol. The highest BCUT2D eigenvalue weighted by Crippen LogP contribution is 2.35. The van der Waals surface area contributed by atoms with Crippen LogP contribution in [0.15, 0.2) is 30.3 Å². The molecule has 1 N–H and O–H groups in total. The summed E-state index contributed by atoms with van der Waals surface area (Å²) < 4.78 is 11.7. The normalized spacial score (nSPS) is 26.4. The van der Waals surface area contributed by atoms with Crippen molar-refractivity contribution < 1.29 is 14.6 Å². The molecule has 18 heavy (non-hydrogen) atoms. The van der Waals surface area contributed by atoms with Gasteiger partial charge in [-0.3, -0.25) is 0 Å². The van der Waals surface area contributed by atoms with Gasteiger partial charge in [-0.1, -0.05) is 44.2 Å². The molecule has 2 rings (SSSR count). The molecule has 1 aromatic rings. The van der Waals surface area contributed by atoms with Crippen LogP contribution in [0.2, 0.25) is 0 Å². The highest BCUT2D eigenvalue weighted by atomic mass is 16.6. The maximum atomic E-state index is 10.0. The molecule has 2 atom stereocenters. The highest BCUT2D eigenvalue weighted by Gasteiger charge is 2.47. The first-order valence-electron chi connectivity index (χ1n) is 6.69. The molecule has 0 radical (unpaired) electrons.